The molecule has 3 rings (SSSR count). The summed E-state index contributed by atoms with van der Waals surface area (Å²) in [5, 5.41) is 0. The number of hydrogen-bond donors (Lipinski definition) is 0. The minimum atomic E-state index is 0.868. The van der Waals surface area contributed by atoms with Crippen molar-refractivity contribution in [2.45, 2.75) is 32.2 Å². The standard InChI is InChI=1S/C45H66N6S2/c1-9-40(14-15-41-18-22-44(23-19-41)47(2)3)26-30-46-29-10-13-36-51(7,8)37-39-53-52-38-35-49(6)31-11-12-32-50-33-27-43(28-34-50)17-16-42-20-24-45(25-21-42)48(4)5/h9,14-28,30,33-34H,1,10-13,29,31-32,35-39H2,2-8H3/q+2/b15-14+,40-26+,46-30?. The Morgan fingerprint density at radius 3 is 1.89 bits per heavy atom. The molecule has 0 fully saturated rings. The van der Waals surface area contributed by atoms with Gasteiger partial charge in [-0.15, -0.1) is 0 Å². The molecule has 0 saturated carbocycles. The van der Waals surface area contributed by atoms with Gasteiger partial charge in [0.05, 0.1) is 32.9 Å². The van der Waals surface area contributed by atoms with Crippen LogP contribution in [-0.2, 0) is 6.54 Å². The summed E-state index contributed by atoms with van der Waals surface area (Å²) in [5.74, 6) is 2.37. The van der Waals surface area contributed by atoms with Gasteiger partial charge in [0.15, 0.2) is 12.4 Å². The largest absolute Gasteiger partial charge is 0.378 e. The molecule has 3 aromatic rings. The molecule has 0 unspecified atom stereocenters. The Morgan fingerprint density at radius 1 is 0.698 bits per heavy atom. The fourth-order valence-corrected chi connectivity index (χ4v) is 7.87. The lowest BCUT2D eigenvalue weighted by atomic mass is 10.1. The molecule has 0 atom stereocenters. The maximum atomic E-state index is 4.62. The van der Waals surface area contributed by atoms with Gasteiger partial charge >= 0.3 is 0 Å². The van der Waals surface area contributed by atoms with E-state index in [4.69, 9.17) is 0 Å². The lowest BCUT2D eigenvalue weighted by Crippen LogP contribution is -2.42. The molecule has 0 bridgehead atoms. The second-order valence-electron chi connectivity index (χ2n) is 14.7. The van der Waals surface area contributed by atoms with Crippen LogP contribution in [0.1, 0.15) is 42.4 Å². The number of unbranched alkanes of at least 4 members (excludes halogenated alkanes) is 2. The normalized spacial score (nSPS) is 12.5. The summed E-state index contributed by atoms with van der Waals surface area (Å²) in [6.45, 7) is 10.6. The first-order valence-electron chi connectivity index (χ1n) is 19.0. The number of anilines is 2. The average Bonchev–Trinajstić information content (AvgIpc) is 3.15. The highest BCUT2D eigenvalue weighted by Gasteiger charge is 2.14. The molecular weight excluding hydrogens is 689 g/mol. The van der Waals surface area contributed by atoms with Crippen LogP contribution in [0.15, 0.2) is 108 Å². The van der Waals surface area contributed by atoms with Gasteiger partial charge in [0.25, 0.3) is 0 Å². The fraction of sp³-hybridized carbons (Fsp3) is 0.422. The molecule has 1 aromatic heterocycles. The Kier molecular flexibility index (Phi) is 20.4. The first-order valence-corrected chi connectivity index (χ1v) is 21.5. The molecule has 0 aliphatic carbocycles. The molecule has 0 amide bonds. The van der Waals surface area contributed by atoms with Gasteiger partial charge in [0.1, 0.15) is 6.54 Å². The lowest BCUT2D eigenvalue weighted by molar-refractivity contribution is -0.888. The molecular formula is C45H66N6S2+2. The first kappa shape index (κ1) is 43.8. The molecule has 0 aliphatic heterocycles. The predicted octanol–water partition coefficient (Wildman–Crippen LogP) is 9.12. The number of hydrogen-bond acceptors (Lipinski definition) is 6. The summed E-state index contributed by atoms with van der Waals surface area (Å²) >= 11 is 0. The van der Waals surface area contributed by atoms with E-state index in [1.165, 1.54) is 71.9 Å². The summed E-state index contributed by atoms with van der Waals surface area (Å²) in [6.07, 6.45) is 23.5. The molecule has 0 aliphatic rings. The molecule has 53 heavy (non-hydrogen) atoms. The highest BCUT2D eigenvalue weighted by molar-refractivity contribution is 8.76. The van der Waals surface area contributed by atoms with E-state index in [1.807, 2.05) is 40.0 Å². The van der Waals surface area contributed by atoms with Crippen molar-refractivity contribution in [3.63, 3.8) is 0 Å². The van der Waals surface area contributed by atoms with Gasteiger partial charge < -0.3 is 19.2 Å². The van der Waals surface area contributed by atoms with E-state index in [0.29, 0.717) is 0 Å². The van der Waals surface area contributed by atoms with E-state index < -0.39 is 0 Å². The number of pyridine rings is 1. The van der Waals surface area contributed by atoms with E-state index in [0.717, 1.165) is 42.7 Å². The molecule has 0 saturated heterocycles. The number of benzene rings is 2. The van der Waals surface area contributed by atoms with Crippen LogP contribution in [0.5, 0.6) is 0 Å². The van der Waals surface area contributed by atoms with Crippen molar-refractivity contribution in [2.24, 2.45) is 4.99 Å². The van der Waals surface area contributed by atoms with Gasteiger partial charge in [-0.25, -0.2) is 4.57 Å². The monoisotopic (exact) mass is 754 g/mol. The number of rotatable bonds is 25. The third-order valence-corrected chi connectivity index (χ3v) is 11.6. The van der Waals surface area contributed by atoms with Gasteiger partial charge in [-0.05, 0) is 85.5 Å². The zero-order valence-electron chi connectivity index (χ0n) is 33.7. The minimum absolute atomic E-state index is 0.868. The SMILES string of the molecule is C=CC(/C=C/c1ccc(N(C)C)cc1)=C\C=NCCCC[N+](C)(C)CCSSCCN(C)CCCC[n+]1ccc(/C=C/c2ccc(N(C)C)cc2)cc1. The zero-order chi connectivity index (χ0) is 38.3. The van der Waals surface area contributed by atoms with Crippen LogP contribution in [0.3, 0.4) is 0 Å². The summed E-state index contributed by atoms with van der Waals surface area (Å²) in [7, 11) is 19.3. The van der Waals surface area contributed by atoms with Crippen molar-refractivity contribution >= 4 is 57.4 Å². The molecule has 8 heteroatoms. The summed E-state index contributed by atoms with van der Waals surface area (Å²) in [5.41, 5.74) is 7.10. The Bertz CT molecular complexity index is 1570. The van der Waals surface area contributed by atoms with E-state index in [1.54, 1.807) is 0 Å². The van der Waals surface area contributed by atoms with Crippen LogP contribution in [0.2, 0.25) is 0 Å². The van der Waals surface area contributed by atoms with E-state index in [9.17, 15) is 0 Å². The molecule has 0 radical (unpaired) electrons. The quantitative estimate of drug-likeness (QED) is 0.0215. The number of aryl methyl sites for hydroxylation is 1. The number of quaternary nitrogens is 1. The fourth-order valence-electron chi connectivity index (χ4n) is 5.52. The number of aliphatic imine (C=N–C) groups is 1. The van der Waals surface area contributed by atoms with Crippen LogP contribution in [0.25, 0.3) is 18.2 Å². The van der Waals surface area contributed by atoms with Gasteiger partial charge in [-0.2, -0.15) is 0 Å². The highest BCUT2D eigenvalue weighted by Crippen LogP contribution is 2.22. The summed E-state index contributed by atoms with van der Waals surface area (Å²) in [4.78, 5) is 11.3. The second kappa shape index (κ2) is 24.7. The topological polar surface area (TPSA) is 26.0 Å². The van der Waals surface area contributed by atoms with E-state index in [2.05, 4.69) is 178 Å². The average molecular weight is 755 g/mol. The van der Waals surface area contributed by atoms with Gasteiger partial charge in [0, 0.05) is 83.2 Å². The summed E-state index contributed by atoms with van der Waals surface area (Å²) < 4.78 is 3.37. The molecule has 0 spiro atoms. The second-order valence-corrected chi connectivity index (χ2v) is 17.4. The molecule has 6 nitrogen and oxygen atoms in total. The zero-order valence-corrected chi connectivity index (χ0v) is 35.3. The third-order valence-electron chi connectivity index (χ3n) is 9.21. The minimum Gasteiger partial charge on any atom is -0.378 e. The van der Waals surface area contributed by atoms with Gasteiger partial charge in [-0.1, -0.05) is 82.8 Å². The van der Waals surface area contributed by atoms with E-state index in [-0.39, 0.29) is 0 Å². The van der Waals surface area contributed by atoms with Crippen molar-refractivity contribution in [1.82, 2.24) is 4.90 Å². The van der Waals surface area contributed by atoms with Crippen molar-refractivity contribution in [2.75, 3.05) is 103 Å². The Labute approximate surface area is 330 Å². The van der Waals surface area contributed by atoms with Crippen LogP contribution >= 0.6 is 21.6 Å². The van der Waals surface area contributed by atoms with Crippen LogP contribution in [0.4, 0.5) is 11.4 Å². The van der Waals surface area contributed by atoms with E-state index >= 15 is 0 Å². The molecule has 0 N–H and O–H groups in total. The Morgan fingerprint density at radius 2 is 1.28 bits per heavy atom. The predicted molar refractivity (Wildman–Crippen MR) is 240 cm³/mol. The van der Waals surface area contributed by atoms with Crippen molar-refractivity contribution in [1.29, 1.82) is 0 Å². The number of aromatic nitrogens is 1. The number of nitrogens with zero attached hydrogens (tertiary/aromatic N) is 6. The van der Waals surface area contributed by atoms with Crippen LogP contribution < -0.4 is 14.4 Å². The van der Waals surface area contributed by atoms with Crippen molar-refractivity contribution in [3.05, 3.63) is 120 Å². The van der Waals surface area contributed by atoms with Crippen LogP contribution in [0, 0.1) is 0 Å². The van der Waals surface area contributed by atoms with Crippen LogP contribution in [-0.4, -0.2) is 109 Å². The lowest BCUT2D eigenvalue weighted by Gasteiger charge is -2.29. The van der Waals surface area contributed by atoms with Gasteiger partial charge in [0.2, 0.25) is 0 Å². The summed E-state index contributed by atoms with van der Waals surface area (Å²) in [6, 6.07) is 21.6. The molecule has 2 aromatic carbocycles. The highest BCUT2D eigenvalue weighted by atomic mass is 33.1. The van der Waals surface area contributed by atoms with Crippen molar-refractivity contribution < 1.29 is 9.05 Å². The van der Waals surface area contributed by atoms with Crippen molar-refractivity contribution in [3.8, 4) is 0 Å². The molecule has 1 heterocycles. The molecule has 286 valence electrons. The Balaban J connectivity index is 1.18. The Hall–Kier alpha value is -3.56. The third kappa shape index (κ3) is 18.9. The smallest absolute Gasteiger partial charge is 0.169 e. The maximum absolute atomic E-state index is 4.62. The number of allylic oxidation sites excluding steroid dienone is 4. The van der Waals surface area contributed by atoms with Gasteiger partial charge in [-0.3, -0.25) is 4.99 Å². The first-order chi connectivity index (χ1) is 25.5. The maximum Gasteiger partial charge on any atom is 0.169 e.